The zero-order valence-corrected chi connectivity index (χ0v) is 39.5. The number of pyridine rings is 2. The van der Waals surface area contributed by atoms with Gasteiger partial charge in [-0.3, -0.25) is 14.3 Å². The van der Waals surface area contributed by atoms with E-state index in [1.165, 1.54) is 10.1 Å². The molecule has 0 saturated heterocycles. The summed E-state index contributed by atoms with van der Waals surface area (Å²) in [4.78, 5) is 25.1. The van der Waals surface area contributed by atoms with E-state index in [0.717, 1.165) is 44.2 Å². The minimum absolute atomic E-state index is 0.0285. The van der Waals surface area contributed by atoms with E-state index < -0.39 is 19.1 Å². The van der Waals surface area contributed by atoms with E-state index in [4.69, 9.17) is 37.5 Å². The van der Waals surface area contributed by atoms with Crippen LogP contribution in [0.1, 0.15) is 11.1 Å². The summed E-state index contributed by atoms with van der Waals surface area (Å²) in [5.41, 5.74) is 12.3. The molecule has 2 heterocycles. The van der Waals surface area contributed by atoms with Crippen molar-refractivity contribution >= 4 is 74.3 Å². The van der Waals surface area contributed by atoms with Gasteiger partial charge in [0.2, 0.25) is 9.05 Å². The first kappa shape index (κ1) is 48.6. The van der Waals surface area contributed by atoms with Crippen LogP contribution in [-0.2, 0) is 33.2 Å². The van der Waals surface area contributed by atoms with Gasteiger partial charge in [0, 0.05) is 92.9 Å². The molecule has 8 aromatic rings. The average Bonchev–Trinajstić information content (AvgIpc) is 3.29. The number of benzene rings is 6. The van der Waals surface area contributed by atoms with Crippen molar-refractivity contribution in [2.24, 2.45) is 14.1 Å². The molecule has 340 valence electrons. The summed E-state index contributed by atoms with van der Waals surface area (Å²) in [5.74, 6) is 2.52. The molecular formula is C50H46Cl2N4O8S2. The molecule has 16 heteroatoms. The SMILES string of the molecule is C=CS(=O)(=O)Nc1ccc(Oc2ccc(C)cc2)c(-c2cn(C)c(=O)c3ccccc23)c1.Cc1ccc(Oc2ccc(N)cc2-c2cn(C)c(=O)c3ccccc23)cc1.O=S(=O)(Cl)CCCl. The number of sulfonamides is 1. The number of anilines is 2. The summed E-state index contributed by atoms with van der Waals surface area (Å²) in [6.45, 7) is 7.37. The van der Waals surface area contributed by atoms with Crippen LogP contribution in [0.2, 0.25) is 0 Å². The van der Waals surface area contributed by atoms with Crippen LogP contribution in [0.25, 0.3) is 43.8 Å². The standard InChI is InChI=1S/C25H22N2O4S.C23H20N2O2.C2H4Cl2O2S/c1-4-32(29,30)26-18-11-14-24(31-19-12-9-17(2)10-13-19)22(15-18)23-16-27(3)25(28)21-8-6-5-7-20(21)23;1-15-7-10-17(11-8-15)27-22-12-9-16(24)13-20(22)21-14-25(2)23(26)19-6-4-3-5-18(19)21;3-1-2-7(4,5)6/h4-16,26H,1H2,2-3H3;3-14H,24H2,1-2H3;1-2H2. The first-order chi connectivity index (χ1) is 31.4. The summed E-state index contributed by atoms with van der Waals surface area (Å²) < 4.78 is 61.8. The van der Waals surface area contributed by atoms with Gasteiger partial charge in [-0.2, -0.15) is 0 Å². The number of nitrogens with zero attached hydrogens (tertiary/aromatic N) is 2. The lowest BCUT2D eigenvalue weighted by Crippen LogP contribution is -2.16. The van der Waals surface area contributed by atoms with Crippen molar-refractivity contribution in [3.05, 3.63) is 190 Å². The number of halogens is 2. The van der Waals surface area contributed by atoms with E-state index in [1.807, 2.05) is 129 Å². The molecule has 0 spiro atoms. The van der Waals surface area contributed by atoms with Gasteiger partial charge in [0.15, 0.2) is 0 Å². The molecule has 0 atom stereocenters. The number of fused-ring (bicyclic) bond motifs is 2. The fourth-order valence-corrected chi connectivity index (χ4v) is 8.57. The Kier molecular flexibility index (Phi) is 15.5. The summed E-state index contributed by atoms with van der Waals surface area (Å²) in [6.07, 6.45) is 3.56. The molecule has 0 radical (unpaired) electrons. The van der Waals surface area contributed by atoms with Crippen LogP contribution >= 0.6 is 22.3 Å². The highest BCUT2D eigenvalue weighted by molar-refractivity contribution is 8.13. The summed E-state index contributed by atoms with van der Waals surface area (Å²) in [7, 11) is 1.14. The largest absolute Gasteiger partial charge is 0.457 e. The summed E-state index contributed by atoms with van der Waals surface area (Å²) >= 11 is 5.02. The highest BCUT2D eigenvalue weighted by Crippen LogP contribution is 2.40. The summed E-state index contributed by atoms with van der Waals surface area (Å²) in [6, 6.07) is 41.0. The third-order valence-electron chi connectivity index (χ3n) is 10.0. The van der Waals surface area contributed by atoms with E-state index in [2.05, 4.69) is 11.3 Å². The fourth-order valence-electron chi connectivity index (χ4n) is 6.77. The van der Waals surface area contributed by atoms with Gasteiger partial charge < -0.3 is 24.3 Å². The number of alkyl halides is 1. The lowest BCUT2D eigenvalue weighted by molar-refractivity contribution is 0.484. The third-order valence-corrected chi connectivity index (χ3v) is 12.6. The topological polar surface area (TPSA) is 169 Å². The van der Waals surface area contributed by atoms with Gasteiger partial charge >= 0.3 is 0 Å². The Morgan fingerprint density at radius 2 is 1.05 bits per heavy atom. The quantitative estimate of drug-likeness (QED) is 0.0728. The Morgan fingerprint density at radius 1 is 0.621 bits per heavy atom. The Labute approximate surface area is 392 Å². The zero-order valence-electron chi connectivity index (χ0n) is 36.4. The molecule has 0 fully saturated rings. The molecule has 0 bridgehead atoms. The van der Waals surface area contributed by atoms with Crippen LogP contribution in [0, 0.1) is 13.8 Å². The minimum atomic E-state index is -3.69. The maximum atomic E-state index is 12.6. The number of aryl methyl sites for hydroxylation is 4. The van der Waals surface area contributed by atoms with E-state index >= 15 is 0 Å². The highest BCUT2D eigenvalue weighted by atomic mass is 35.7. The number of nitrogens with two attached hydrogens (primary N) is 1. The molecule has 0 unspecified atom stereocenters. The normalized spacial score (nSPS) is 11.2. The Bertz CT molecular complexity index is 3410. The molecule has 0 aliphatic rings. The zero-order chi connectivity index (χ0) is 47.8. The number of rotatable bonds is 11. The van der Waals surface area contributed by atoms with Crippen LogP contribution in [-0.4, -0.2) is 37.6 Å². The first-order valence-corrected chi connectivity index (χ1v) is 24.8. The van der Waals surface area contributed by atoms with Crippen molar-refractivity contribution in [3.63, 3.8) is 0 Å². The van der Waals surface area contributed by atoms with Crippen molar-refractivity contribution in [1.82, 2.24) is 9.13 Å². The van der Waals surface area contributed by atoms with Gasteiger partial charge in [-0.05, 0) is 97.4 Å². The second-order valence-corrected chi connectivity index (χ2v) is 20.0. The van der Waals surface area contributed by atoms with E-state index in [0.29, 0.717) is 45.0 Å². The van der Waals surface area contributed by atoms with Crippen molar-refractivity contribution in [2.45, 2.75) is 13.8 Å². The smallest absolute Gasteiger partial charge is 0.258 e. The number of aromatic nitrogens is 2. The molecule has 0 amide bonds. The Balaban J connectivity index is 0.000000193. The molecule has 8 rings (SSSR count). The lowest BCUT2D eigenvalue weighted by Gasteiger charge is -2.16. The molecule has 3 N–H and O–H groups in total. The number of hydrogen-bond donors (Lipinski definition) is 2. The van der Waals surface area contributed by atoms with Gasteiger partial charge in [0.1, 0.15) is 23.0 Å². The lowest BCUT2D eigenvalue weighted by atomic mass is 9.99. The molecular weight excluding hydrogens is 920 g/mol. The molecule has 0 aliphatic heterocycles. The third kappa shape index (κ3) is 12.3. The monoisotopic (exact) mass is 964 g/mol. The molecule has 66 heavy (non-hydrogen) atoms. The maximum absolute atomic E-state index is 12.6. The molecule has 0 aliphatic carbocycles. The van der Waals surface area contributed by atoms with Gasteiger partial charge in [0.25, 0.3) is 21.1 Å². The Hall–Kier alpha value is -6.84. The summed E-state index contributed by atoms with van der Waals surface area (Å²) in [5, 5.41) is 3.70. The predicted molar refractivity (Wildman–Crippen MR) is 269 cm³/mol. The predicted octanol–water partition coefficient (Wildman–Crippen LogP) is 10.9. The molecule has 6 aromatic carbocycles. The van der Waals surface area contributed by atoms with Crippen LogP contribution in [0.4, 0.5) is 11.4 Å². The van der Waals surface area contributed by atoms with Gasteiger partial charge in [-0.15, -0.1) is 11.6 Å². The van der Waals surface area contributed by atoms with Crippen LogP contribution < -0.4 is 31.0 Å². The number of hydrogen-bond acceptors (Lipinski definition) is 9. The average molecular weight is 966 g/mol. The number of nitrogens with one attached hydrogen (secondary N) is 1. The second kappa shape index (κ2) is 21.0. The first-order valence-electron chi connectivity index (χ1n) is 20.2. The van der Waals surface area contributed by atoms with E-state index in [1.54, 1.807) is 49.1 Å². The van der Waals surface area contributed by atoms with Gasteiger partial charge in [0.05, 0.1) is 5.75 Å². The van der Waals surface area contributed by atoms with Crippen molar-refractivity contribution < 1.29 is 26.3 Å². The van der Waals surface area contributed by atoms with E-state index in [-0.39, 0.29) is 22.8 Å². The van der Waals surface area contributed by atoms with Crippen molar-refractivity contribution in [3.8, 4) is 45.3 Å². The molecule has 0 saturated carbocycles. The minimum Gasteiger partial charge on any atom is -0.457 e. The number of nitrogen functional groups attached to an aromatic ring is 1. The van der Waals surface area contributed by atoms with E-state index in [9.17, 15) is 26.4 Å². The van der Waals surface area contributed by atoms with Gasteiger partial charge in [-0.1, -0.05) is 78.4 Å². The highest BCUT2D eigenvalue weighted by Gasteiger charge is 2.17. The van der Waals surface area contributed by atoms with Gasteiger partial charge in [-0.25, -0.2) is 16.8 Å². The van der Waals surface area contributed by atoms with Crippen LogP contribution in [0.3, 0.4) is 0 Å². The van der Waals surface area contributed by atoms with Crippen molar-refractivity contribution in [1.29, 1.82) is 0 Å². The van der Waals surface area contributed by atoms with Crippen LogP contribution in [0.5, 0.6) is 23.0 Å². The Morgan fingerprint density at radius 3 is 1.45 bits per heavy atom. The second-order valence-electron chi connectivity index (χ2n) is 15.1. The fraction of sp³-hybridized carbons (Fsp3) is 0.120. The van der Waals surface area contributed by atoms with Crippen molar-refractivity contribution in [2.75, 3.05) is 22.1 Å². The molecule has 2 aromatic heterocycles. The number of ether oxygens (including phenoxy) is 2. The van der Waals surface area contributed by atoms with Crippen LogP contribution in [0.15, 0.2) is 167 Å². The molecule has 12 nitrogen and oxygen atoms in total. The maximum Gasteiger partial charge on any atom is 0.258 e.